The minimum absolute atomic E-state index is 0.166. The first-order valence-corrected chi connectivity index (χ1v) is 7.50. The molecule has 120 valence electrons. The highest BCUT2D eigenvalue weighted by Crippen LogP contribution is 2.23. The van der Waals surface area contributed by atoms with E-state index in [2.05, 4.69) is 9.97 Å². The molecule has 24 heavy (non-hydrogen) atoms. The largest absolute Gasteiger partial charge is 0.439 e. The smallest absolute Gasteiger partial charge is 0.214 e. The van der Waals surface area contributed by atoms with Crippen LogP contribution in [0.5, 0.6) is 0 Å². The second-order valence-electron chi connectivity index (χ2n) is 5.39. The first kappa shape index (κ1) is 14.6. The molecule has 0 amide bonds. The number of hydrogen-bond donors (Lipinski definition) is 1. The Morgan fingerprint density at radius 3 is 2.67 bits per heavy atom. The summed E-state index contributed by atoms with van der Waals surface area (Å²) < 4.78 is 20.6. The van der Waals surface area contributed by atoms with Gasteiger partial charge in [-0.2, -0.15) is 0 Å². The van der Waals surface area contributed by atoms with E-state index in [1.807, 2.05) is 28.8 Å². The summed E-state index contributed by atoms with van der Waals surface area (Å²) in [6.45, 7) is 0.192. The van der Waals surface area contributed by atoms with Crippen LogP contribution in [0.25, 0.3) is 22.4 Å². The normalized spacial score (nSPS) is 11.2. The van der Waals surface area contributed by atoms with Gasteiger partial charge in [0.2, 0.25) is 5.89 Å². The van der Waals surface area contributed by atoms with E-state index in [1.54, 1.807) is 18.3 Å². The Hall–Kier alpha value is -2.99. The third-order valence-electron chi connectivity index (χ3n) is 3.85. The van der Waals surface area contributed by atoms with E-state index in [4.69, 9.17) is 4.42 Å². The van der Waals surface area contributed by atoms with Gasteiger partial charge in [0, 0.05) is 5.56 Å². The Morgan fingerprint density at radius 1 is 1.08 bits per heavy atom. The molecule has 0 aliphatic rings. The molecular weight excluding hydrogens is 309 g/mol. The molecule has 0 aliphatic heterocycles. The second kappa shape index (κ2) is 5.90. The van der Waals surface area contributed by atoms with E-state index in [0.29, 0.717) is 24.0 Å². The average Bonchev–Trinajstić information content (AvgIpc) is 3.21. The number of hydrogen-bond acceptors (Lipinski definition) is 4. The van der Waals surface area contributed by atoms with Crippen LogP contribution in [0, 0.1) is 5.82 Å². The van der Waals surface area contributed by atoms with Gasteiger partial charge in [0.1, 0.15) is 24.8 Å². The van der Waals surface area contributed by atoms with Crippen molar-refractivity contribution < 1.29 is 13.9 Å². The molecule has 4 rings (SSSR count). The number of halogens is 1. The fourth-order valence-electron chi connectivity index (χ4n) is 2.69. The number of para-hydroxylation sites is 2. The van der Waals surface area contributed by atoms with Gasteiger partial charge in [-0.25, -0.2) is 14.4 Å². The highest BCUT2D eigenvalue weighted by atomic mass is 19.1. The number of benzene rings is 2. The molecule has 0 fully saturated rings. The number of aliphatic hydroxyl groups is 1. The summed E-state index contributed by atoms with van der Waals surface area (Å²) in [5, 5.41) is 9.54. The van der Waals surface area contributed by atoms with E-state index < -0.39 is 0 Å². The fraction of sp³-hybridized carbons (Fsp3) is 0.111. The fourth-order valence-corrected chi connectivity index (χ4v) is 2.69. The maximum atomic E-state index is 13.0. The third-order valence-corrected chi connectivity index (χ3v) is 3.85. The highest BCUT2D eigenvalue weighted by Gasteiger charge is 2.13. The van der Waals surface area contributed by atoms with Crippen LogP contribution in [0.3, 0.4) is 0 Å². The van der Waals surface area contributed by atoms with Gasteiger partial charge in [-0.3, -0.25) is 0 Å². The Kier molecular flexibility index (Phi) is 3.59. The molecule has 2 aromatic carbocycles. The Balaban J connectivity index is 1.68. The number of rotatable bonds is 4. The molecule has 4 aromatic rings. The predicted molar refractivity (Wildman–Crippen MR) is 86.7 cm³/mol. The van der Waals surface area contributed by atoms with E-state index in [9.17, 15) is 9.50 Å². The first-order chi connectivity index (χ1) is 11.7. The van der Waals surface area contributed by atoms with Crippen LogP contribution in [-0.2, 0) is 13.2 Å². The maximum Gasteiger partial charge on any atom is 0.214 e. The number of aliphatic hydroxyl groups excluding tert-OH is 1. The molecule has 0 saturated heterocycles. The van der Waals surface area contributed by atoms with Crippen LogP contribution in [-0.4, -0.2) is 19.6 Å². The molecule has 2 heterocycles. The van der Waals surface area contributed by atoms with Crippen molar-refractivity contribution in [1.29, 1.82) is 0 Å². The van der Waals surface area contributed by atoms with E-state index in [1.165, 1.54) is 12.1 Å². The number of fused-ring (bicyclic) bond motifs is 1. The van der Waals surface area contributed by atoms with Gasteiger partial charge < -0.3 is 14.1 Å². The van der Waals surface area contributed by atoms with E-state index in [-0.39, 0.29) is 12.4 Å². The summed E-state index contributed by atoms with van der Waals surface area (Å²) in [7, 11) is 0. The quantitative estimate of drug-likeness (QED) is 0.625. The molecule has 2 aromatic heterocycles. The summed E-state index contributed by atoms with van der Waals surface area (Å²) >= 11 is 0. The lowest BCUT2D eigenvalue weighted by atomic mass is 10.2. The molecule has 0 radical (unpaired) electrons. The Morgan fingerprint density at radius 2 is 1.88 bits per heavy atom. The van der Waals surface area contributed by atoms with Crippen molar-refractivity contribution in [3.8, 4) is 11.3 Å². The molecule has 0 unspecified atom stereocenters. The number of aromatic nitrogens is 3. The third kappa shape index (κ3) is 2.57. The highest BCUT2D eigenvalue weighted by molar-refractivity contribution is 5.76. The van der Waals surface area contributed by atoms with Crippen molar-refractivity contribution >= 4 is 11.0 Å². The molecule has 5 nitrogen and oxygen atoms in total. The zero-order chi connectivity index (χ0) is 16.5. The first-order valence-electron chi connectivity index (χ1n) is 7.50. The molecule has 1 N–H and O–H groups in total. The van der Waals surface area contributed by atoms with Gasteiger partial charge in [-0.1, -0.05) is 12.1 Å². The lowest BCUT2D eigenvalue weighted by molar-refractivity contribution is 0.266. The van der Waals surface area contributed by atoms with Crippen molar-refractivity contribution in [2.75, 3.05) is 0 Å². The van der Waals surface area contributed by atoms with Crippen molar-refractivity contribution in [1.82, 2.24) is 14.5 Å². The molecule has 6 heteroatoms. The summed E-state index contributed by atoms with van der Waals surface area (Å²) in [4.78, 5) is 8.69. The van der Waals surface area contributed by atoms with Crippen LogP contribution in [0.15, 0.2) is 59.1 Å². The molecule has 0 saturated carbocycles. The van der Waals surface area contributed by atoms with Crippen LogP contribution < -0.4 is 0 Å². The molecule has 0 spiro atoms. The molecule has 0 bridgehead atoms. The summed E-state index contributed by atoms with van der Waals surface area (Å²) in [6.07, 6.45) is 1.61. The lowest BCUT2D eigenvalue weighted by Gasteiger charge is -2.04. The molecule has 0 atom stereocenters. The summed E-state index contributed by atoms with van der Waals surface area (Å²) in [6, 6.07) is 13.7. The number of nitrogens with zero attached hydrogens (tertiary/aromatic N) is 3. The minimum atomic E-state index is -0.295. The molecular formula is C18H14FN3O2. The predicted octanol–water partition coefficient (Wildman–Crippen LogP) is 3.37. The van der Waals surface area contributed by atoms with Gasteiger partial charge >= 0.3 is 0 Å². The standard InChI is InChI=1S/C18H14FN3O2/c19-13-7-5-12(6-8-13)16-9-20-18(24-16)10-22-15-4-2-1-3-14(15)21-17(22)11-23/h1-9,23H,10-11H2. The van der Waals surface area contributed by atoms with Crippen LogP contribution >= 0.6 is 0 Å². The van der Waals surface area contributed by atoms with Gasteiger partial charge in [0.15, 0.2) is 5.76 Å². The van der Waals surface area contributed by atoms with Crippen LogP contribution in [0.1, 0.15) is 11.7 Å². The van der Waals surface area contributed by atoms with Crippen LogP contribution in [0.2, 0.25) is 0 Å². The zero-order valence-electron chi connectivity index (χ0n) is 12.7. The zero-order valence-corrected chi connectivity index (χ0v) is 12.7. The number of imidazole rings is 1. The summed E-state index contributed by atoms with van der Waals surface area (Å²) in [5.74, 6) is 1.32. The van der Waals surface area contributed by atoms with Gasteiger partial charge in [0.05, 0.1) is 17.2 Å². The van der Waals surface area contributed by atoms with Gasteiger partial charge in [0.25, 0.3) is 0 Å². The van der Waals surface area contributed by atoms with Crippen molar-refractivity contribution in [2.45, 2.75) is 13.2 Å². The van der Waals surface area contributed by atoms with E-state index >= 15 is 0 Å². The second-order valence-corrected chi connectivity index (χ2v) is 5.39. The lowest BCUT2D eigenvalue weighted by Crippen LogP contribution is -2.05. The van der Waals surface area contributed by atoms with Gasteiger partial charge in [-0.05, 0) is 36.4 Å². The van der Waals surface area contributed by atoms with Gasteiger partial charge in [-0.15, -0.1) is 0 Å². The maximum absolute atomic E-state index is 13.0. The average molecular weight is 323 g/mol. The Bertz CT molecular complexity index is 989. The van der Waals surface area contributed by atoms with Crippen molar-refractivity contribution in [3.63, 3.8) is 0 Å². The van der Waals surface area contributed by atoms with E-state index in [0.717, 1.165) is 16.6 Å². The van der Waals surface area contributed by atoms with Crippen molar-refractivity contribution in [2.24, 2.45) is 0 Å². The topological polar surface area (TPSA) is 64.1 Å². The molecule has 0 aliphatic carbocycles. The SMILES string of the molecule is OCc1nc2ccccc2n1Cc1ncc(-c2ccc(F)cc2)o1. The Labute approximate surface area is 137 Å². The number of oxazole rings is 1. The van der Waals surface area contributed by atoms with Crippen molar-refractivity contribution in [3.05, 3.63) is 72.3 Å². The minimum Gasteiger partial charge on any atom is -0.439 e. The van der Waals surface area contributed by atoms with Crippen LogP contribution in [0.4, 0.5) is 4.39 Å². The monoisotopic (exact) mass is 323 g/mol. The summed E-state index contributed by atoms with van der Waals surface area (Å²) in [5.41, 5.74) is 2.47.